The number of hydrogen-bond acceptors (Lipinski definition) is 4. The van der Waals surface area contributed by atoms with Gasteiger partial charge < -0.3 is 9.84 Å². The van der Waals surface area contributed by atoms with E-state index < -0.39 is 17.7 Å². The van der Waals surface area contributed by atoms with E-state index in [0.29, 0.717) is 23.8 Å². The smallest absolute Gasteiger partial charge is 0.416 e. The van der Waals surface area contributed by atoms with Gasteiger partial charge >= 0.3 is 12.1 Å². The van der Waals surface area contributed by atoms with Gasteiger partial charge in [-0.2, -0.15) is 13.2 Å². The Labute approximate surface area is 163 Å². The Morgan fingerprint density at radius 2 is 1.71 bits per heavy atom. The van der Waals surface area contributed by atoms with Gasteiger partial charge in [0.2, 0.25) is 0 Å². The van der Waals surface area contributed by atoms with Gasteiger partial charge in [-0.15, -0.1) is 11.3 Å². The molecule has 0 spiro atoms. The molecule has 1 N–H and O–H groups in total. The van der Waals surface area contributed by atoms with Gasteiger partial charge in [0, 0.05) is 5.56 Å². The van der Waals surface area contributed by atoms with Crippen LogP contribution in [0, 0.1) is 6.92 Å². The number of nitrogens with zero attached hydrogens (tertiary/aromatic N) is 1. The van der Waals surface area contributed by atoms with Gasteiger partial charge in [-0.3, -0.25) is 0 Å². The zero-order chi connectivity index (χ0) is 20.3. The average Bonchev–Trinajstić information content (AvgIpc) is 3.02. The fourth-order valence-electron chi connectivity index (χ4n) is 2.49. The zero-order valence-electron chi connectivity index (χ0n) is 14.8. The number of aryl methyl sites for hydroxylation is 1. The summed E-state index contributed by atoms with van der Waals surface area (Å²) in [7, 11) is 0. The van der Waals surface area contributed by atoms with E-state index in [1.807, 2.05) is 6.92 Å². The van der Waals surface area contributed by atoms with Gasteiger partial charge in [0.1, 0.15) is 5.01 Å². The number of ether oxygens (including phenoxy) is 1. The van der Waals surface area contributed by atoms with Crippen molar-refractivity contribution < 1.29 is 27.8 Å². The highest BCUT2D eigenvalue weighted by Crippen LogP contribution is 2.33. The first-order valence-electron chi connectivity index (χ1n) is 8.28. The van der Waals surface area contributed by atoms with Crippen molar-refractivity contribution >= 4 is 17.3 Å². The Morgan fingerprint density at radius 3 is 2.29 bits per heavy atom. The van der Waals surface area contributed by atoms with Crippen LogP contribution < -0.4 is 0 Å². The normalized spacial score (nSPS) is 11.6. The number of thiazole rings is 1. The number of aromatic nitrogens is 1. The van der Waals surface area contributed by atoms with Crippen LogP contribution in [-0.4, -0.2) is 16.1 Å². The van der Waals surface area contributed by atoms with Gasteiger partial charge in [-0.25, -0.2) is 9.78 Å². The Balaban J connectivity index is 1.63. The van der Waals surface area contributed by atoms with Crippen molar-refractivity contribution in [2.45, 2.75) is 26.3 Å². The maximum atomic E-state index is 12.7. The molecule has 0 aliphatic carbocycles. The minimum absolute atomic E-state index is 0.211. The number of rotatable bonds is 6. The summed E-state index contributed by atoms with van der Waals surface area (Å²) in [6.07, 6.45) is -4.36. The average molecular weight is 407 g/mol. The molecule has 0 aliphatic rings. The van der Waals surface area contributed by atoms with Crippen molar-refractivity contribution in [2.24, 2.45) is 0 Å². The van der Waals surface area contributed by atoms with Gasteiger partial charge in [0.25, 0.3) is 0 Å². The molecule has 0 fully saturated rings. The molecule has 0 amide bonds. The molecule has 0 aliphatic heterocycles. The summed E-state index contributed by atoms with van der Waals surface area (Å²) in [6, 6.07) is 11.3. The first-order valence-corrected chi connectivity index (χ1v) is 9.09. The highest BCUT2D eigenvalue weighted by molar-refractivity contribution is 7.15. The van der Waals surface area contributed by atoms with Crippen LogP contribution in [0.25, 0.3) is 10.6 Å². The van der Waals surface area contributed by atoms with Crippen LogP contribution >= 0.6 is 11.3 Å². The predicted octanol–water partition coefficient (Wildman–Crippen LogP) is 5.55. The van der Waals surface area contributed by atoms with E-state index in [9.17, 15) is 18.0 Å². The number of halogens is 3. The lowest BCUT2D eigenvalue weighted by molar-refractivity contribution is -0.137. The summed E-state index contributed by atoms with van der Waals surface area (Å²) in [5.74, 6) is -0.983. The Hall–Kier alpha value is -2.71. The largest absolute Gasteiger partial charge is 0.478 e. The maximum Gasteiger partial charge on any atom is 0.416 e. The topological polar surface area (TPSA) is 59.4 Å². The Bertz CT molecular complexity index is 964. The van der Waals surface area contributed by atoms with Crippen LogP contribution in [0.1, 0.15) is 32.1 Å². The molecule has 0 saturated carbocycles. The summed E-state index contributed by atoms with van der Waals surface area (Å²) in [4.78, 5) is 16.2. The van der Waals surface area contributed by atoms with Gasteiger partial charge in [0.15, 0.2) is 0 Å². The standard InChI is InChI=1S/C20H16F3NO3S/c1-12-17(11-27-10-13-2-4-15(5-3-13)19(25)26)28-18(24-12)14-6-8-16(9-7-14)20(21,22)23/h2-9H,10-11H2,1H3,(H,25,26). The van der Waals surface area contributed by atoms with Crippen LogP contribution in [0.4, 0.5) is 13.2 Å². The molecule has 1 heterocycles. The lowest BCUT2D eigenvalue weighted by Crippen LogP contribution is -2.03. The first-order chi connectivity index (χ1) is 13.2. The third-order valence-electron chi connectivity index (χ3n) is 4.05. The number of carboxylic acid groups (broad SMARTS) is 1. The summed E-state index contributed by atoms with van der Waals surface area (Å²) in [6.45, 7) is 2.45. The highest BCUT2D eigenvalue weighted by Gasteiger charge is 2.30. The third-order valence-corrected chi connectivity index (χ3v) is 5.23. The van der Waals surface area contributed by atoms with Gasteiger partial charge in [-0.1, -0.05) is 24.3 Å². The molecular weight excluding hydrogens is 391 g/mol. The van der Waals surface area contributed by atoms with E-state index in [2.05, 4.69) is 4.98 Å². The monoisotopic (exact) mass is 407 g/mol. The van der Waals surface area contributed by atoms with Crippen molar-refractivity contribution in [2.75, 3.05) is 0 Å². The molecule has 0 unspecified atom stereocenters. The minimum Gasteiger partial charge on any atom is -0.478 e. The zero-order valence-corrected chi connectivity index (χ0v) is 15.6. The van der Waals surface area contributed by atoms with E-state index in [1.165, 1.54) is 35.6 Å². The van der Waals surface area contributed by atoms with Crippen LogP contribution in [0.2, 0.25) is 0 Å². The number of carbonyl (C=O) groups is 1. The van der Waals surface area contributed by atoms with Crippen LogP contribution in [0.3, 0.4) is 0 Å². The van der Waals surface area contributed by atoms with Gasteiger partial charge in [-0.05, 0) is 36.8 Å². The summed E-state index contributed by atoms with van der Waals surface area (Å²) in [5.41, 5.74) is 1.75. The van der Waals surface area contributed by atoms with E-state index in [1.54, 1.807) is 12.1 Å². The van der Waals surface area contributed by atoms with Crippen LogP contribution in [0.5, 0.6) is 0 Å². The van der Waals surface area contributed by atoms with E-state index in [0.717, 1.165) is 28.3 Å². The molecule has 28 heavy (non-hydrogen) atoms. The van der Waals surface area contributed by atoms with Gasteiger partial charge in [0.05, 0.1) is 34.9 Å². The quantitative estimate of drug-likeness (QED) is 0.582. The fraction of sp³-hybridized carbons (Fsp3) is 0.200. The molecule has 0 atom stereocenters. The van der Waals surface area contributed by atoms with E-state index >= 15 is 0 Å². The van der Waals surface area contributed by atoms with Crippen molar-refractivity contribution in [3.05, 3.63) is 75.8 Å². The fourth-order valence-corrected chi connectivity index (χ4v) is 3.50. The molecule has 3 rings (SSSR count). The lowest BCUT2D eigenvalue weighted by Gasteiger charge is -2.06. The molecule has 2 aromatic carbocycles. The van der Waals surface area contributed by atoms with Crippen LogP contribution in [0.15, 0.2) is 48.5 Å². The van der Waals surface area contributed by atoms with Crippen molar-refractivity contribution in [3.8, 4) is 10.6 Å². The third kappa shape index (κ3) is 4.76. The summed E-state index contributed by atoms with van der Waals surface area (Å²) >= 11 is 1.37. The van der Waals surface area contributed by atoms with E-state index in [4.69, 9.17) is 9.84 Å². The summed E-state index contributed by atoms with van der Waals surface area (Å²) < 4.78 is 43.7. The number of alkyl halides is 3. The Morgan fingerprint density at radius 1 is 1.07 bits per heavy atom. The number of benzene rings is 2. The second-order valence-electron chi connectivity index (χ2n) is 6.10. The highest BCUT2D eigenvalue weighted by atomic mass is 32.1. The Kier molecular flexibility index (Phi) is 5.81. The van der Waals surface area contributed by atoms with Crippen LogP contribution in [-0.2, 0) is 24.1 Å². The molecule has 0 radical (unpaired) electrons. The predicted molar refractivity (Wildman–Crippen MR) is 99.2 cm³/mol. The lowest BCUT2D eigenvalue weighted by atomic mass is 10.1. The number of hydrogen-bond donors (Lipinski definition) is 1. The second-order valence-corrected chi connectivity index (χ2v) is 7.18. The van der Waals surface area contributed by atoms with Crippen molar-refractivity contribution in [3.63, 3.8) is 0 Å². The second kappa shape index (κ2) is 8.12. The maximum absolute atomic E-state index is 12.7. The first kappa shape index (κ1) is 20.0. The molecule has 4 nitrogen and oxygen atoms in total. The molecule has 0 saturated heterocycles. The number of aromatic carboxylic acids is 1. The molecule has 1 aromatic heterocycles. The SMILES string of the molecule is Cc1nc(-c2ccc(C(F)(F)F)cc2)sc1COCc1ccc(C(=O)O)cc1. The molecule has 3 aromatic rings. The minimum atomic E-state index is -4.36. The molecule has 8 heteroatoms. The molecule has 0 bridgehead atoms. The molecule has 146 valence electrons. The number of carboxylic acids is 1. The summed E-state index contributed by atoms with van der Waals surface area (Å²) in [5, 5.41) is 9.52. The van der Waals surface area contributed by atoms with E-state index in [-0.39, 0.29) is 5.56 Å². The van der Waals surface area contributed by atoms with Crippen molar-refractivity contribution in [1.82, 2.24) is 4.98 Å². The van der Waals surface area contributed by atoms with Crippen molar-refractivity contribution in [1.29, 1.82) is 0 Å². The molecular formula is C20H16F3NO3S.